The molecule has 1 unspecified atom stereocenters. The monoisotopic (exact) mass is 279 g/mol. The topological polar surface area (TPSA) is 71.2 Å². The maximum atomic E-state index is 12.3. The van der Waals surface area contributed by atoms with E-state index in [1.807, 2.05) is 0 Å². The predicted molar refractivity (Wildman–Crippen MR) is 57.1 cm³/mol. The zero-order valence-electron chi connectivity index (χ0n) is 8.81. The van der Waals surface area contributed by atoms with E-state index in [0.717, 1.165) is 0 Å². The van der Waals surface area contributed by atoms with Crippen molar-refractivity contribution in [3.8, 4) is 0 Å². The number of aromatic nitrogens is 2. The predicted octanol–water partition coefficient (Wildman–Crippen LogP) is 2.30. The molecule has 5 nitrogen and oxygen atoms in total. The van der Waals surface area contributed by atoms with Gasteiger partial charge in [-0.05, 0) is 12.1 Å². The molecule has 1 atom stereocenters. The maximum absolute atomic E-state index is 12.3. The summed E-state index contributed by atoms with van der Waals surface area (Å²) >= 11 is 0.370. The van der Waals surface area contributed by atoms with Gasteiger partial charge in [0.2, 0.25) is 10.1 Å². The van der Waals surface area contributed by atoms with Crippen LogP contribution in [0, 0.1) is 0 Å². The van der Waals surface area contributed by atoms with E-state index in [1.54, 1.807) is 12.1 Å². The van der Waals surface area contributed by atoms with Crippen LogP contribution in [0.25, 0.3) is 0 Å². The summed E-state index contributed by atoms with van der Waals surface area (Å²) in [4.78, 5) is 0. The molecular weight excluding hydrogens is 271 g/mol. The zero-order valence-corrected chi connectivity index (χ0v) is 9.63. The van der Waals surface area contributed by atoms with Gasteiger partial charge in [0.05, 0.1) is 12.9 Å². The molecule has 0 amide bonds. The minimum atomic E-state index is -4.52. The van der Waals surface area contributed by atoms with Gasteiger partial charge in [-0.15, -0.1) is 10.2 Å². The summed E-state index contributed by atoms with van der Waals surface area (Å²) in [5.41, 5.74) is 0. The highest BCUT2D eigenvalue weighted by molar-refractivity contribution is 7.15. The molecule has 0 saturated carbocycles. The van der Waals surface area contributed by atoms with Gasteiger partial charge in [-0.1, -0.05) is 11.3 Å². The van der Waals surface area contributed by atoms with Gasteiger partial charge in [0.15, 0.2) is 0 Å². The third-order valence-corrected chi connectivity index (χ3v) is 2.93. The van der Waals surface area contributed by atoms with Gasteiger partial charge in [-0.3, -0.25) is 0 Å². The number of anilines is 1. The van der Waals surface area contributed by atoms with Crippen LogP contribution in [0.5, 0.6) is 0 Å². The zero-order chi connectivity index (χ0) is 13.2. The summed E-state index contributed by atoms with van der Waals surface area (Å²) in [6.45, 7) is -0.339. The molecule has 2 aromatic rings. The van der Waals surface area contributed by atoms with E-state index in [-0.39, 0.29) is 11.7 Å². The SMILES string of the molecule is OCC(Nc1nnc(C(F)(F)F)s1)c1ccco1. The van der Waals surface area contributed by atoms with Crippen LogP contribution in [0.1, 0.15) is 16.8 Å². The van der Waals surface area contributed by atoms with Crippen LogP contribution in [0.3, 0.4) is 0 Å². The second-order valence-electron chi connectivity index (χ2n) is 3.31. The summed E-state index contributed by atoms with van der Waals surface area (Å²) in [5.74, 6) is 0.404. The molecule has 0 fully saturated rings. The van der Waals surface area contributed by atoms with E-state index < -0.39 is 17.2 Å². The minimum absolute atomic E-state index is 0.0298. The first-order valence-corrected chi connectivity index (χ1v) is 5.64. The lowest BCUT2D eigenvalue weighted by Gasteiger charge is -2.11. The van der Waals surface area contributed by atoms with E-state index in [4.69, 9.17) is 9.52 Å². The normalized spacial score (nSPS) is 13.6. The van der Waals surface area contributed by atoms with Crippen molar-refractivity contribution in [2.45, 2.75) is 12.2 Å². The Kier molecular flexibility index (Phi) is 3.53. The lowest BCUT2D eigenvalue weighted by Crippen LogP contribution is -2.13. The molecule has 98 valence electrons. The molecule has 0 bridgehead atoms. The lowest BCUT2D eigenvalue weighted by molar-refractivity contribution is -0.138. The van der Waals surface area contributed by atoms with Crippen molar-refractivity contribution < 1.29 is 22.7 Å². The number of hydrogen-bond acceptors (Lipinski definition) is 6. The van der Waals surface area contributed by atoms with E-state index in [1.165, 1.54) is 6.26 Å². The number of nitrogens with one attached hydrogen (secondary N) is 1. The first-order chi connectivity index (χ1) is 8.50. The summed E-state index contributed by atoms with van der Waals surface area (Å²) in [6, 6.07) is 2.55. The van der Waals surface area contributed by atoms with Crippen molar-refractivity contribution in [2.24, 2.45) is 0 Å². The van der Waals surface area contributed by atoms with Gasteiger partial charge in [0, 0.05) is 0 Å². The molecule has 0 spiro atoms. The van der Waals surface area contributed by atoms with Gasteiger partial charge < -0.3 is 14.8 Å². The van der Waals surface area contributed by atoms with E-state index in [9.17, 15) is 13.2 Å². The largest absolute Gasteiger partial charge is 0.467 e. The third kappa shape index (κ3) is 2.79. The van der Waals surface area contributed by atoms with Crippen LogP contribution < -0.4 is 5.32 Å². The van der Waals surface area contributed by atoms with Crippen LogP contribution in [0.4, 0.5) is 18.3 Å². The van der Waals surface area contributed by atoms with Crippen molar-refractivity contribution in [1.82, 2.24) is 10.2 Å². The van der Waals surface area contributed by atoms with Gasteiger partial charge >= 0.3 is 6.18 Å². The molecule has 2 aromatic heterocycles. The van der Waals surface area contributed by atoms with Crippen molar-refractivity contribution >= 4 is 16.5 Å². The Hall–Kier alpha value is -1.61. The maximum Gasteiger partial charge on any atom is 0.445 e. The summed E-state index contributed by atoms with van der Waals surface area (Å²) in [5, 5.41) is 17.1. The number of furan rings is 1. The van der Waals surface area contributed by atoms with Crippen LogP contribution in [0.2, 0.25) is 0 Å². The van der Waals surface area contributed by atoms with Crippen molar-refractivity contribution in [1.29, 1.82) is 0 Å². The molecule has 9 heteroatoms. The quantitative estimate of drug-likeness (QED) is 0.898. The first-order valence-electron chi connectivity index (χ1n) is 4.82. The number of alkyl halides is 3. The Labute approximate surface area is 103 Å². The standard InChI is InChI=1S/C9H8F3N3O2S/c10-9(11,12)7-14-15-8(18-7)13-5(4-16)6-2-1-3-17-6/h1-3,5,16H,4H2,(H,13,15). The number of hydrogen-bond donors (Lipinski definition) is 2. The van der Waals surface area contributed by atoms with Crippen LogP contribution in [0.15, 0.2) is 22.8 Å². The van der Waals surface area contributed by atoms with E-state index in [0.29, 0.717) is 17.1 Å². The van der Waals surface area contributed by atoms with Crippen LogP contribution in [-0.2, 0) is 6.18 Å². The fourth-order valence-electron chi connectivity index (χ4n) is 1.24. The summed E-state index contributed by atoms with van der Waals surface area (Å²) in [7, 11) is 0. The third-order valence-electron chi connectivity index (χ3n) is 2.03. The molecule has 18 heavy (non-hydrogen) atoms. The van der Waals surface area contributed by atoms with Gasteiger partial charge in [0.25, 0.3) is 0 Å². The molecule has 2 rings (SSSR count). The highest BCUT2D eigenvalue weighted by Gasteiger charge is 2.35. The van der Waals surface area contributed by atoms with Gasteiger partial charge in [-0.25, -0.2) is 0 Å². The lowest BCUT2D eigenvalue weighted by atomic mass is 10.2. The minimum Gasteiger partial charge on any atom is -0.467 e. The van der Waals surface area contributed by atoms with E-state index >= 15 is 0 Å². The number of aliphatic hydroxyl groups is 1. The fraction of sp³-hybridized carbons (Fsp3) is 0.333. The number of rotatable bonds is 4. The average Bonchev–Trinajstić information content (AvgIpc) is 2.95. The smallest absolute Gasteiger partial charge is 0.445 e. The Morgan fingerprint density at radius 1 is 1.44 bits per heavy atom. The molecule has 2 heterocycles. The number of nitrogens with zero attached hydrogens (tertiary/aromatic N) is 2. The van der Waals surface area contributed by atoms with E-state index in [2.05, 4.69) is 15.5 Å². The van der Waals surface area contributed by atoms with Gasteiger partial charge in [0.1, 0.15) is 11.8 Å². The average molecular weight is 279 g/mol. The molecule has 0 aliphatic carbocycles. The molecule has 0 aromatic carbocycles. The molecular formula is C9H8F3N3O2S. The van der Waals surface area contributed by atoms with Gasteiger partial charge in [-0.2, -0.15) is 13.2 Å². The second-order valence-corrected chi connectivity index (χ2v) is 4.28. The fourth-order valence-corrected chi connectivity index (χ4v) is 1.90. The summed E-state index contributed by atoms with van der Waals surface area (Å²) < 4.78 is 42.0. The molecule has 2 N–H and O–H groups in total. The first kappa shape index (κ1) is 12.8. The molecule has 0 aliphatic heterocycles. The van der Waals surface area contributed by atoms with Crippen LogP contribution >= 0.6 is 11.3 Å². The Morgan fingerprint density at radius 2 is 2.22 bits per heavy atom. The highest BCUT2D eigenvalue weighted by Crippen LogP contribution is 2.34. The Balaban J connectivity index is 2.11. The second kappa shape index (κ2) is 4.94. The van der Waals surface area contributed by atoms with Crippen molar-refractivity contribution in [3.63, 3.8) is 0 Å². The summed E-state index contributed by atoms with van der Waals surface area (Å²) in [6.07, 6.45) is -3.11. The number of aliphatic hydroxyl groups excluding tert-OH is 1. The van der Waals surface area contributed by atoms with Crippen LogP contribution in [-0.4, -0.2) is 21.9 Å². The molecule has 0 aliphatic rings. The van der Waals surface area contributed by atoms with Crippen molar-refractivity contribution in [2.75, 3.05) is 11.9 Å². The highest BCUT2D eigenvalue weighted by atomic mass is 32.1. The Morgan fingerprint density at radius 3 is 2.72 bits per heavy atom. The Bertz CT molecular complexity index is 497. The number of halogens is 3. The molecule has 0 radical (unpaired) electrons. The molecule has 0 saturated heterocycles. The van der Waals surface area contributed by atoms with Crippen molar-refractivity contribution in [3.05, 3.63) is 29.2 Å².